The van der Waals surface area contributed by atoms with Crippen LogP contribution in [0.2, 0.25) is 0 Å². The van der Waals surface area contributed by atoms with Crippen molar-refractivity contribution in [2.75, 3.05) is 0 Å². The van der Waals surface area contributed by atoms with Gasteiger partial charge in [0.2, 0.25) is 0 Å². The zero-order valence-electron chi connectivity index (χ0n) is 16.2. The first-order chi connectivity index (χ1) is 14.4. The van der Waals surface area contributed by atoms with Gasteiger partial charge in [-0.25, -0.2) is 9.07 Å². The normalized spacial score (nSPS) is 11.1. The number of carboxylic acid groups (broad SMARTS) is 1. The molecule has 8 heteroatoms. The largest absolute Gasteiger partial charge is 0.480 e. The van der Waals surface area contributed by atoms with Crippen molar-refractivity contribution < 1.29 is 14.3 Å². The van der Waals surface area contributed by atoms with Crippen LogP contribution in [0.25, 0.3) is 10.9 Å². The number of pyridine rings is 1. The van der Waals surface area contributed by atoms with E-state index >= 15 is 0 Å². The summed E-state index contributed by atoms with van der Waals surface area (Å²) in [5.41, 5.74) is 3.39. The lowest BCUT2D eigenvalue weighted by Gasteiger charge is -2.08. The number of carbonyl (C=O) groups is 1. The van der Waals surface area contributed by atoms with E-state index in [1.807, 2.05) is 13.0 Å². The maximum Gasteiger partial charge on any atom is 0.323 e. The van der Waals surface area contributed by atoms with Gasteiger partial charge in [-0.15, -0.1) is 0 Å². The lowest BCUT2D eigenvalue weighted by molar-refractivity contribution is -0.137. The third-order valence-corrected chi connectivity index (χ3v) is 5.04. The number of aliphatic carboxylic acids is 1. The summed E-state index contributed by atoms with van der Waals surface area (Å²) in [6.07, 6.45) is 3.67. The molecule has 30 heavy (non-hydrogen) atoms. The Labute approximate surface area is 171 Å². The van der Waals surface area contributed by atoms with Crippen LogP contribution >= 0.6 is 0 Å². The van der Waals surface area contributed by atoms with E-state index in [1.165, 1.54) is 22.9 Å². The van der Waals surface area contributed by atoms with Crippen LogP contribution in [0.1, 0.15) is 22.5 Å². The third-order valence-electron chi connectivity index (χ3n) is 5.04. The van der Waals surface area contributed by atoms with Crippen LogP contribution < -0.4 is 5.56 Å². The Bertz CT molecular complexity index is 1300. The third kappa shape index (κ3) is 3.84. The Morgan fingerprint density at radius 2 is 2.03 bits per heavy atom. The fraction of sp³-hybridized carbons (Fsp3) is 0.182. The number of halogens is 1. The standard InChI is InChI=1S/C22H19FN4O3/c1-14-18(19-9-16(23)4-6-20(19)26(14)13-22(29)30)10-17-5-7-21(28)27(25-17)12-15-3-2-8-24-11-15/h2-9,11H,10,12-13H2,1H3,(H,29,30). The van der Waals surface area contributed by atoms with Gasteiger partial charge in [-0.3, -0.25) is 14.6 Å². The summed E-state index contributed by atoms with van der Waals surface area (Å²) >= 11 is 0. The van der Waals surface area contributed by atoms with Crippen molar-refractivity contribution >= 4 is 16.9 Å². The van der Waals surface area contributed by atoms with Gasteiger partial charge >= 0.3 is 5.97 Å². The van der Waals surface area contributed by atoms with E-state index in [0.717, 1.165) is 16.8 Å². The molecule has 0 aliphatic heterocycles. The quantitative estimate of drug-likeness (QED) is 0.532. The van der Waals surface area contributed by atoms with Crippen LogP contribution in [0.4, 0.5) is 4.39 Å². The number of carboxylic acids is 1. The lowest BCUT2D eigenvalue weighted by Crippen LogP contribution is -2.23. The minimum absolute atomic E-state index is 0.220. The minimum atomic E-state index is -0.978. The van der Waals surface area contributed by atoms with Crippen molar-refractivity contribution in [3.05, 3.63) is 93.5 Å². The molecule has 152 valence electrons. The number of hydrogen-bond donors (Lipinski definition) is 1. The van der Waals surface area contributed by atoms with Gasteiger partial charge < -0.3 is 9.67 Å². The SMILES string of the molecule is Cc1c(Cc2ccc(=O)n(Cc3cccnc3)n2)c2cc(F)ccc2n1CC(=O)O. The molecule has 1 N–H and O–H groups in total. The number of fused-ring (bicyclic) bond motifs is 1. The van der Waals surface area contributed by atoms with E-state index < -0.39 is 11.8 Å². The van der Waals surface area contributed by atoms with E-state index in [-0.39, 0.29) is 18.6 Å². The first-order valence-electron chi connectivity index (χ1n) is 9.37. The van der Waals surface area contributed by atoms with Gasteiger partial charge in [-0.2, -0.15) is 5.10 Å². The van der Waals surface area contributed by atoms with E-state index in [1.54, 1.807) is 35.2 Å². The van der Waals surface area contributed by atoms with Gasteiger partial charge in [0.25, 0.3) is 5.56 Å². The Kier molecular flexibility index (Phi) is 5.14. The number of nitrogens with zero attached hydrogens (tertiary/aromatic N) is 4. The molecule has 0 saturated carbocycles. The van der Waals surface area contributed by atoms with Gasteiger partial charge in [0.1, 0.15) is 12.4 Å². The molecular formula is C22H19FN4O3. The molecule has 0 aliphatic rings. The molecule has 4 aromatic rings. The highest BCUT2D eigenvalue weighted by atomic mass is 19.1. The average molecular weight is 406 g/mol. The van der Waals surface area contributed by atoms with Gasteiger partial charge in [-0.05, 0) is 48.4 Å². The smallest absolute Gasteiger partial charge is 0.323 e. The molecule has 0 spiro atoms. The molecule has 4 rings (SSSR count). The zero-order valence-corrected chi connectivity index (χ0v) is 16.2. The summed E-state index contributed by atoms with van der Waals surface area (Å²) in [7, 11) is 0. The summed E-state index contributed by atoms with van der Waals surface area (Å²) in [5, 5.41) is 14.4. The van der Waals surface area contributed by atoms with Crippen LogP contribution in [0.3, 0.4) is 0 Å². The summed E-state index contributed by atoms with van der Waals surface area (Å²) in [6, 6.07) is 11.0. The predicted molar refractivity (Wildman–Crippen MR) is 109 cm³/mol. The minimum Gasteiger partial charge on any atom is -0.480 e. The average Bonchev–Trinajstić information content (AvgIpc) is 2.96. The molecule has 0 fully saturated rings. The van der Waals surface area contributed by atoms with E-state index in [9.17, 15) is 19.1 Å². The number of rotatable bonds is 6. The number of hydrogen-bond acceptors (Lipinski definition) is 4. The Balaban J connectivity index is 1.75. The Hall–Kier alpha value is -3.81. The number of aromatic nitrogens is 4. The Morgan fingerprint density at radius 3 is 2.77 bits per heavy atom. The van der Waals surface area contributed by atoms with Crippen molar-refractivity contribution in [3.63, 3.8) is 0 Å². The van der Waals surface area contributed by atoms with Crippen LogP contribution in [-0.4, -0.2) is 30.4 Å². The highest BCUT2D eigenvalue weighted by Gasteiger charge is 2.17. The molecule has 0 bridgehead atoms. The molecule has 7 nitrogen and oxygen atoms in total. The summed E-state index contributed by atoms with van der Waals surface area (Å²) in [5.74, 6) is -1.38. The fourth-order valence-corrected chi connectivity index (χ4v) is 3.63. The van der Waals surface area contributed by atoms with E-state index in [4.69, 9.17) is 0 Å². The van der Waals surface area contributed by atoms with Crippen molar-refractivity contribution in [3.8, 4) is 0 Å². The topological polar surface area (TPSA) is 90.0 Å². The van der Waals surface area contributed by atoms with E-state index in [2.05, 4.69) is 10.1 Å². The van der Waals surface area contributed by atoms with Crippen molar-refractivity contribution in [2.24, 2.45) is 0 Å². The van der Waals surface area contributed by atoms with E-state index in [0.29, 0.717) is 23.0 Å². The maximum absolute atomic E-state index is 13.9. The van der Waals surface area contributed by atoms with Crippen LogP contribution in [0, 0.1) is 12.7 Å². The van der Waals surface area contributed by atoms with Gasteiger partial charge in [0.05, 0.1) is 12.2 Å². The second-order valence-electron chi connectivity index (χ2n) is 7.06. The molecule has 0 atom stereocenters. The van der Waals surface area contributed by atoms with Gasteiger partial charge in [0.15, 0.2) is 0 Å². The van der Waals surface area contributed by atoms with Gasteiger partial charge in [-0.1, -0.05) is 6.07 Å². The lowest BCUT2D eigenvalue weighted by atomic mass is 10.1. The molecule has 0 radical (unpaired) electrons. The number of benzene rings is 1. The van der Waals surface area contributed by atoms with Crippen molar-refractivity contribution in [2.45, 2.75) is 26.4 Å². The highest BCUT2D eigenvalue weighted by Crippen LogP contribution is 2.28. The molecule has 3 aromatic heterocycles. The summed E-state index contributed by atoms with van der Waals surface area (Å²) < 4.78 is 16.9. The molecule has 1 aromatic carbocycles. The molecule has 0 amide bonds. The predicted octanol–water partition coefficient (Wildman–Crippen LogP) is 2.76. The molecule has 0 saturated heterocycles. The molecule has 0 aliphatic carbocycles. The summed E-state index contributed by atoms with van der Waals surface area (Å²) in [6.45, 7) is 1.87. The van der Waals surface area contributed by atoms with Crippen LogP contribution in [0.5, 0.6) is 0 Å². The molecular weight excluding hydrogens is 387 g/mol. The molecule has 0 unspecified atom stereocenters. The maximum atomic E-state index is 13.9. The second-order valence-corrected chi connectivity index (χ2v) is 7.06. The van der Waals surface area contributed by atoms with Crippen LogP contribution in [-0.2, 0) is 24.3 Å². The second kappa shape index (κ2) is 7.90. The zero-order chi connectivity index (χ0) is 21.3. The molecule has 3 heterocycles. The van der Waals surface area contributed by atoms with Gasteiger partial charge in [0, 0.05) is 41.5 Å². The first-order valence-corrected chi connectivity index (χ1v) is 9.37. The van der Waals surface area contributed by atoms with Crippen molar-refractivity contribution in [1.29, 1.82) is 0 Å². The fourth-order valence-electron chi connectivity index (χ4n) is 3.63. The first kappa shape index (κ1) is 19.5. The summed E-state index contributed by atoms with van der Waals surface area (Å²) in [4.78, 5) is 27.6. The Morgan fingerprint density at radius 1 is 1.20 bits per heavy atom. The monoisotopic (exact) mass is 406 g/mol. The highest BCUT2D eigenvalue weighted by molar-refractivity contribution is 5.87. The van der Waals surface area contributed by atoms with Crippen LogP contribution in [0.15, 0.2) is 59.7 Å². The van der Waals surface area contributed by atoms with Crippen molar-refractivity contribution in [1.82, 2.24) is 19.3 Å².